The second-order valence-corrected chi connectivity index (χ2v) is 3.82. The Labute approximate surface area is 106 Å². The predicted octanol–water partition coefficient (Wildman–Crippen LogP) is 3.50. The Balaban J connectivity index is 2.18. The van der Waals surface area contributed by atoms with E-state index in [1.807, 2.05) is 30.3 Å². The summed E-state index contributed by atoms with van der Waals surface area (Å²) in [6, 6.07) is 16.8. The molecule has 0 atom stereocenters. The van der Waals surface area contributed by atoms with Crippen LogP contribution >= 0.6 is 0 Å². The van der Waals surface area contributed by atoms with E-state index in [1.165, 1.54) is 0 Å². The third-order valence-electron chi connectivity index (χ3n) is 2.41. The lowest BCUT2D eigenvalue weighted by Crippen LogP contribution is -1.89. The summed E-state index contributed by atoms with van der Waals surface area (Å²) in [6.45, 7) is 0.551. The van der Waals surface area contributed by atoms with Gasteiger partial charge >= 0.3 is 0 Å². The van der Waals surface area contributed by atoms with Gasteiger partial charge in [0.05, 0.1) is 18.2 Å². The second kappa shape index (κ2) is 5.85. The van der Waals surface area contributed by atoms with E-state index in [0.717, 1.165) is 11.3 Å². The van der Waals surface area contributed by atoms with E-state index in [2.05, 4.69) is 6.07 Å². The molecule has 0 saturated heterocycles. The molecule has 2 aromatic rings. The van der Waals surface area contributed by atoms with E-state index < -0.39 is 0 Å². The van der Waals surface area contributed by atoms with Gasteiger partial charge in [-0.15, -0.1) is 0 Å². The molecule has 0 aromatic heterocycles. The van der Waals surface area contributed by atoms with Crippen LogP contribution in [-0.2, 0) is 11.3 Å². The zero-order chi connectivity index (χ0) is 12.8. The smallest absolute Gasteiger partial charge is 0.128 e. The maximum absolute atomic E-state index is 8.82. The predicted molar refractivity (Wildman–Crippen MR) is 68.4 cm³/mol. The minimum absolute atomic E-state index is 0.551. The summed E-state index contributed by atoms with van der Waals surface area (Å²) in [6.07, 6.45) is 0. The van der Waals surface area contributed by atoms with Crippen LogP contribution < -0.4 is 4.74 Å². The molecule has 18 heavy (non-hydrogen) atoms. The first-order valence-corrected chi connectivity index (χ1v) is 5.58. The zero-order valence-corrected chi connectivity index (χ0v) is 10.1. The second-order valence-electron chi connectivity index (χ2n) is 3.82. The summed E-state index contributed by atoms with van der Waals surface area (Å²) in [4.78, 5) is 0. The van der Waals surface area contributed by atoms with Gasteiger partial charge in [-0.2, -0.15) is 5.26 Å². The van der Waals surface area contributed by atoms with Gasteiger partial charge in [0.2, 0.25) is 0 Å². The molecule has 0 amide bonds. The molecule has 0 spiro atoms. The summed E-state index contributed by atoms with van der Waals surface area (Å²) in [5, 5.41) is 8.82. The Morgan fingerprint density at radius 1 is 1.06 bits per heavy atom. The average Bonchev–Trinajstić information content (AvgIpc) is 2.40. The lowest BCUT2D eigenvalue weighted by atomic mass is 10.2. The summed E-state index contributed by atoms with van der Waals surface area (Å²) in [5.41, 5.74) is 1.63. The van der Waals surface area contributed by atoms with Crippen molar-refractivity contribution in [2.45, 2.75) is 6.61 Å². The molecule has 0 heterocycles. The van der Waals surface area contributed by atoms with Crippen molar-refractivity contribution < 1.29 is 9.47 Å². The summed E-state index contributed by atoms with van der Waals surface area (Å²) in [7, 11) is 1.66. The van der Waals surface area contributed by atoms with Crippen molar-refractivity contribution in [2.75, 3.05) is 7.11 Å². The average molecular weight is 239 g/mol. The van der Waals surface area contributed by atoms with Crippen LogP contribution in [0.1, 0.15) is 11.1 Å². The van der Waals surface area contributed by atoms with Crippen LogP contribution in [0.4, 0.5) is 0 Å². The van der Waals surface area contributed by atoms with Gasteiger partial charge in [-0.25, -0.2) is 0 Å². The van der Waals surface area contributed by atoms with Crippen molar-refractivity contribution in [3.05, 3.63) is 59.7 Å². The van der Waals surface area contributed by atoms with Crippen LogP contribution in [-0.4, -0.2) is 7.11 Å². The Morgan fingerprint density at radius 2 is 1.78 bits per heavy atom. The lowest BCUT2D eigenvalue weighted by molar-refractivity contribution is 0.184. The Morgan fingerprint density at radius 3 is 2.50 bits per heavy atom. The maximum Gasteiger partial charge on any atom is 0.128 e. The van der Waals surface area contributed by atoms with Gasteiger partial charge in [0.15, 0.2) is 0 Å². The largest absolute Gasteiger partial charge is 0.457 e. The van der Waals surface area contributed by atoms with Crippen LogP contribution in [0.3, 0.4) is 0 Å². The van der Waals surface area contributed by atoms with Gasteiger partial charge in [-0.05, 0) is 35.9 Å². The SMILES string of the molecule is COCc1cccc(Oc2cccc(C#N)c2)c1. The maximum atomic E-state index is 8.82. The van der Waals surface area contributed by atoms with Crippen LogP contribution in [0.25, 0.3) is 0 Å². The number of rotatable bonds is 4. The van der Waals surface area contributed by atoms with Gasteiger partial charge in [0.25, 0.3) is 0 Å². The highest BCUT2D eigenvalue weighted by molar-refractivity contribution is 5.39. The molecule has 3 nitrogen and oxygen atoms in total. The zero-order valence-electron chi connectivity index (χ0n) is 10.1. The number of hydrogen-bond acceptors (Lipinski definition) is 3. The van der Waals surface area contributed by atoms with E-state index in [1.54, 1.807) is 25.3 Å². The topological polar surface area (TPSA) is 42.2 Å². The molecule has 2 aromatic carbocycles. The molecule has 2 rings (SSSR count). The fourth-order valence-electron chi connectivity index (χ4n) is 1.63. The van der Waals surface area contributed by atoms with E-state index in [0.29, 0.717) is 17.9 Å². The molecule has 0 radical (unpaired) electrons. The van der Waals surface area contributed by atoms with E-state index in [-0.39, 0.29) is 0 Å². The molecular formula is C15H13NO2. The van der Waals surface area contributed by atoms with Crippen LogP contribution in [0.15, 0.2) is 48.5 Å². The van der Waals surface area contributed by atoms with Crippen molar-refractivity contribution in [3.8, 4) is 17.6 Å². The normalized spacial score (nSPS) is 9.78. The Hall–Kier alpha value is -2.31. The van der Waals surface area contributed by atoms with Gasteiger partial charge < -0.3 is 9.47 Å². The molecule has 0 unspecified atom stereocenters. The van der Waals surface area contributed by atoms with Crippen molar-refractivity contribution in [1.82, 2.24) is 0 Å². The molecular weight excluding hydrogens is 226 g/mol. The summed E-state index contributed by atoms with van der Waals surface area (Å²) >= 11 is 0. The van der Waals surface area contributed by atoms with Crippen molar-refractivity contribution in [3.63, 3.8) is 0 Å². The lowest BCUT2D eigenvalue weighted by Gasteiger charge is -2.07. The van der Waals surface area contributed by atoms with E-state index in [4.69, 9.17) is 14.7 Å². The number of hydrogen-bond donors (Lipinski definition) is 0. The molecule has 0 saturated carbocycles. The molecule has 3 heteroatoms. The first-order chi connectivity index (χ1) is 8.81. The van der Waals surface area contributed by atoms with Crippen LogP contribution in [0.2, 0.25) is 0 Å². The highest BCUT2D eigenvalue weighted by Crippen LogP contribution is 2.23. The molecule has 0 N–H and O–H groups in total. The fourth-order valence-corrected chi connectivity index (χ4v) is 1.63. The minimum Gasteiger partial charge on any atom is -0.457 e. The number of nitriles is 1. The van der Waals surface area contributed by atoms with Gasteiger partial charge in [-0.1, -0.05) is 18.2 Å². The van der Waals surface area contributed by atoms with Crippen molar-refractivity contribution in [1.29, 1.82) is 5.26 Å². The highest BCUT2D eigenvalue weighted by atomic mass is 16.5. The monoisotopic (exact) mass is 239 g/mol. The molecule has 0 aliphatic heterocycles. The third-order valence-corrected chi connectivity index (χ3v) is 2.41. The summed E-state index contributed by atoms with van der Waals surface area (Å²) in [5.74, 6) is 1.39. The summed E-state index contributed by atoms with van der Waals surface area (Å²) < 4.78 is 10.8. The number of nitrogens with zero attached hydrogens (tertiary/aromatic N) is 1. The number of ether oxygens (including phenoxy) is 2. The first kappa shape index (κ1) is 12.2. The van der Waals surface area contributed by atoms with E-state index in [9.17, 15) is 0 Å². The van der Waals surface area contributed by atoms with E-state index >= 15 is 0 Å². The Kier molecular flexibility index (Phi) is 3.95. The van der Waals surface area contributed by atoms with Crippen molar-refractivity contribution in [2.24, 2.45) is 0 Å². The molecule has 0 aliphatic rings. The van der Waals surface area contributed by atoms with Gasteiger partial charge in [0, 0.05) is 7.11 Å². The number of methoxy groups -OCH3 is 1. The first-order valence-electron chi connectivity index (χ1n) is 5.58. The quantitative estimate of drug-likeness (QED) is 0.820. The molecule has 0 fully saturated rings. The minimum atomic E-state index is 0.551. The van der Waals surface area contributed by atoms with Gasteiger partial charge in [0.1, 0.15) is 11.5 Å². The van der Waals surface area contributed by atoms with Gasteiger partial charge in [-0.3, -0.25) is 0 Å². The molecule has 0 bridgehead atoms. The molecule has 90 valence electrons. The highest BCUT2D eigenvalue weighted by Gasteiger charge is 2.00. The van der Waals surface area contributed by atoms with Crippen LogP contribution in [0.5, 0.6) is 11.5 Å². The van der Waals surface area contributed by atoms with Crippen molar-refractivity contribution >= 4 is 0 Å². The number of benzene rings is 2. The van der Waals surface area contributed by atoms with Crippen LogP contribution in [0, 0.1) is 11.3 Å². The standard InChI is InChI=1S/C15H13NO2/c1-17-11-13-5-3-7-15(9-13)18-14-6-2-4-12(8-14)10-16/h2-9H,11H2,1H3. The molecule has 0 aliphatic carbocycles. The third kappa shape index (κ3) is 3.09. The fraction of sp³-hybridized carbons (Fsp3) is 0.133. The Bertz CT molecular complexity index is 573.